The molecule has 2 rings (SSSR count). The van der Waals surface area contributed by atoms with E-state index >= 15 is 0 Å². The Morgan fingerprint density at radius 3 is 2.81 bits per heavy atom. The van der Waals surface area contributed by atoms with Crippen LogP contribution in [0.15, 0.2) is 36.7 Å². The van der Waals surface area contributed by atoms with E-state index in [1.165, 1.54) is 6.20 Å². The van der Waals surface area contributed by atoms with Crippen molar-refractivity contribution in [2.75, 3.05) is 18.9 Å². The molecule has 0 bridgehead atoms. The summed E-state index contributed by atoms with van der Waals surface area (Å²) < 4.78 is 0. The lowest BCUT2D eigenvalue weighted by Gasteiger charge is -2.17. The van der Waals surface area contributed by atoms with Crippen LogP contribution in [-0.4, -0.2) is 34.4 Å². The zero-order valence-corrected chi connectivity index (χ0v) is 12.8. The van der Waals surface area contributed by atoms with Gasteiger partial charge in [-0.3, -0.25) is 9.78 Å². The molecule has 1 heterocycles. The molecule has 1 amide bonds. The number of anilines is 1. The van der Waals surface area contributed by atoms with Gasteiger partial charge < -0.3 is 10.2 Å². The van der Waals surface area contributed by atoms with Crippen molar-refractivity contribution >= 4 is 23.3 Å². The molecule has 1 aromatic carbocycles. The van der Waals surface area contributed by atoms with Crippen LogP contribution in [0, 0.1) is 0 Å². The lowest BCUT2D eigenvalue weighted by molar-refractivity contribution is 0.0779. The molecule has 0 spiro atoms. The van der Waals surface area contributed by atoms with Gasteiger partial charge in [-0.1, -0.05) is 29.8 Å². The maximum atomic E-state index is 12.4. The van der Waals surface area contributed by atoms with E-state index in [1.807, 2.05) is 25.1 Å². The minimum atomic E-state index is -0.192. The molecule has 2 aromatic rings. The molecule has 0 aliphatic carbocycles. The number of amides is 1. The first-order valence-corrected chi connectivity index (χ1v) is 7.04. The Morgan fingerprint density at radius 2 is 2.10 bits per heavy atom. The summed E-state index contributed by atoms with van der Waals surface area (Å²) in [5.41, 5.74) is 1.20. The third kappa shape index (κ3) is 3.92. The molecule has 0 saturated carbocycles. The fourth-order valence-corrected chi connectivity index (χ4v) is 2.08. The summed E-state index contributed by atoms with van der Waals surface area (Å²) in [4.78, 5) is 22.2. The smallest absolute Gasteiger partial charge is 0.274 e. The third-order valence-electron chi connectivity index (χ3n) is 2.92. The van der Waals surface area contributed by atoms with Crippen LogP contribution in [0.4, 0.5) is 5.82 Å². The lowest BCUT2D eigenvalue weighted by Crippen LogP contribution is -2.27. The maximum absolute atomic E-state index is 12.4. The molecule has 5 nitrogen and oxygen atoms in total. The predicted octanol–water partition coefficient (Wildman–Crippen LogP) is 2.83. The van der Waals surface area contributed by atoms with Crippen LogP contribution >= 0.6 is 11.6 Å². The number of carbonyl (C=O) groups is 1. The molecular formula is C15H17ClN4O. The minimum absolute atomic E-state index is 0.192. The van der Waals surface area contributed by atoms with Gasteiger partial charge in [0.05, 0.1) is 12.4 Å². The van der Waals surface area contributed by atoms with Crippen LogP contribution in [0.25, 0.3) is 0 Å². The lowest BCUT2D eigenvalue weighted by atomic mass is 10.2. The van der Waals surface area contributed by atoms with Gasteiger partial charge in [-0.15, -0.1) is 0 Å². The molecule has 6 heteroatoms. The minimum Gasteiger partial charge on any atom is -0.369 e. The topological polar surface area (TPSA) is 58.1 Å². The Bertz CT molecular complexity index is 633. The number of carbonyl (C=O) groups excluding carboxylic acids is 1. The predicted molar refractivity (Wildman–Crippen MR) is 83.4 cm³/mol. The van der Waals surface area contributed by atoms with E-state index in [2.05, 4.69) is 15.3 Å². The SMILES string of the molecule is CCNc1cncc(C(=O)N(C)Cc2ccccc2Cl)n1. The van der Waals surface area contributed by atoms with Crippen molar-refractivity contribution in [1.29, 1.82) is 0 Å². The van der Waals surface area contributed by atoms with Gasteiger partial charge in [0.25, 0.3) is 5.91 Å². The van der Waals surface area contributed by atoms with Crippen molar-refractivity contribution in [3.63, 3.8) is 0 Å². The van der Waals surface area contributed by atoms with Crippen molar-refractivity contribution in [3.8, 4) is 0 Å². The molecule has 0 unspecified atom stereocenters. The van der Waals surface area contributed by atoms with E-state index in [1.54, 1.807) is 24.2 Å². The average Bonchev–Trinajstić information content (AvgIpc) is 2.49. The number of hydrogen-bond donors (Lipinski definition) is 1. The van der Waals surface area contributed by atoms with Crippen LogP contribution in [0.3, 0.4) is 0 Å². The fourth-order valence-electron chi connectivity index (χ4n) is 1.88. The Balaban J connectivity index is 2.12. The Labute approximate surface area is 129 Å². The number of aromatic nitrogens is 2. The molecule has 0 fully saturated rings. The van der Waals surface area contributed by atoms with Gasteiger partial charge >= 0.3 is 0 Å². The highest BCUT2D eigenvalue weighted by molar-refractivity contribution is 6.31. The Hall–Kier alpha value is -2.14. The summed E-state index contributed by atoms with van der Waals surface area (Å²) in [6.45, 7) is 3.10. The second-order valence-corrected chi connectivity index (χ2v) is 4.98. The number of nitrogens with one attached hydrogen (secondary N) is 1. The van der Waals surface area contributed by atoms with Crippen molar-refractivity contribution in [2.45, 2.75) is 13.5 Å². The molecule has 1 aromatic heterocycles. The molecule has 0 atom stereocenters. The van der Waals surface area contributed by atoms with Crippen LogP contribution in [0.1, 0.15) is 23.0 Å². The van der Waals surface area contributed by atoms with Crippen LogP contribution in [0.5, 0.6) is 0 Å². The summed E-state index contributed by atoms with van der Waals surface area (Å²) in [6.07, 6.45) is 3.06. The number of benzene rings is 1. The summed E-state index contributed by atoms with van der Waals surface area (Å²) in [6, 6.07) is 7.46. The monoisotopic (exact) mass is 304 g/mol. The van der Waals surface area contributed by atoms with Gasteiger partial charge in [-0.25, -0.2) is 4.98 Å². The van der Waals surface area contributed by atoms with Gasteiger partial charge in [0.1, 0.15) is 11.5 Å². The quantitative estimate of drug-likeness (QED) is 0.923. The third-order valence-corrected chi connectivity index (χ3v) is 3.29. The summed E-state index contributed by atoms with van der Waals surface area (Å²) in [5.74, 6) is 0.400. The van der Waals surface area contributed by atoms with Crippen LogP contribution in [0.2, 0.25) is 5.02 Å². The van der Waals surface area contributed by atoms with Crippen LogP contribution in [-0.2, 0) is 6.54 Å². The first kappa shape index (κ1) is 15.3. The van der Waals surface area contributed by atoms with Gasteiger partial charge in [0, 0.05) is 25.2 Å². The average molecular weight is 305 g/mol. The Morgan fingerprint density at radius 1 is 1.33 bits per heavy atom. The van der Waals surface area contributed by atoms with E-state index in [0.717, 1.165) is 12.1 Å². The Kier molecular flexibility index (Phi) is 5.11. The standard InChI is InChI=1S/C15H17ClN4O/c1-3-18-14-9-17-8-13(19-14)15(21)20(2)10-11-6-4-5-7-12(11)16/h4-9H,3,10H2,1-2H3,(H,18,19). The highest BCUT2D eigenvalue weighted by Gasteiger charge is 2.15. The molecule has 0 aliphatic heterocycles. The summed E-state index contributed by atoms with van der Waals surface area (Å²) in [7, 11) is 1.72. The fraction of sp³-hybridized carbons (Fsp3) is 0.267. The number of halogens is 1. The van der Waals surface area contributed by atoms with Gasteiger partial charge in [0.2, 0.25) is 0 Å². The first-order valence-electron chi connectivity index (χ1n) is 6.66. The van der Waals surface area contributed by atoms with E-state index in [4.69, 9.17) is 11.6 Å². The second-order valence-electron chi connectivity index (χ2n) is 4.57. The van der Waals surface area contributed by atoms with Crippen molar-refractivity contribution < 1.29 is 4.79 Å². The molecule has 0 aliphatic rings. The van der Waals surface area contributed by atoms with Crippen molar-refractivity contribution in [2.24, 2.45) is 0 Å². The highest BCUT2D eigenvalue weighted by atomic mass is 35.5. The number of hydrogen-bond acceptors (Lipinski definition) is 4. The van der Waals surface area contributed by atoms with Crippen molar-refractivity contribution in [3.05, 3.63) is 52.9 Å². The number of rotatable bonds is 5. The van der Waals surface area contributed by atoms with Crippen molar-refractivity contribution in [1.82, 2.24) is 14.9 Å². The zero-order valence-electron chi connectivity index (χ0n) is 12.0. The zero-order chi connectivity index (χ0) is 15.2. The second kappa shape index (κ2) is 7.04. The van der Waals surface area contributed by atoms with E-state index in [9.17, 15) is 4.79 Å². The first-order chi connectivity index (χ1) is 10.1. The van der Waals surface area contributed by atoms with Crippen LogP contribution < -0.4 is 5.32 Å². The maximum Gasteiger partial charge on any atom is 0.274 e. The molecule has 21 heavy (non-hydrogen) atoms. The highest BCUT2D eigenvalue weighted by Crippen LogP contribution is 2.17. The largest absolute Gasteiger partial charge is 0.369 e. The number of nitrogens with zero attached hydrogens (tertiary/aromatic N) is 3. The molecule has 1 N–H and O–H groups in total. The van der Waals surface area contributed by atoms with E-state index in [0.29, 0.717) is 23.1 Å². The summed E-state index contributed by atoms with van der Waals surface area (Å²) in [5, 5.41) is 3.68. The molecule has 0 radical (unpaired) electrons. The van der Waals surface area contributed by atoms with Gasteiger partial charge in [-0.05, 0) is 18.6 Å². The normalized spacial score (nSPS) is 10.2. The molecule has 110 valence electrons. The van der Waals surface area contributed by atoms with E-state index in [-0.39, 0.29) is 5.91 Å². The van der Waals surface area contributed by atoms with E-state index < -0.39 is 0 Å². The molecular weight excluding hydrogens is 288 g/mol. The summed E-state index contributed by atoms with van der Waals surface area (Å²) >= 11 is 6.11. The molecule has 0 saturated heterocycles. The van der Waals surface area contributed by atoms with Gasteiger partial charge in [-0.2, -0.15) is 0 Å². The van der Waals surface area contributed by atoms with Gasteiger partial charge in [0.15, 0.2) is 0 Å².